The largest absolute Gasteiger partial charge is 0.299 e. The van der Waals surface area contributed by atoms with Gasteiger partial charge in [0, 0.05) is 31.5 Å². The minimum Gasteiger partial charge on any atom is -0.299 e. The average molecular weight is 293 g/mol. The molecule has 0 fully saturated rings. The van der Waals surface area contributed by atoms with Crippen LogP contribution in [0.2, 0.25) is 0 Å². The van der Waals surface area contributed by atoms with Crippen LogP contribution in [0.15, 0.2) is 6.20 Å². The molecular weight excluding hydrogens is 262 g/mol. The predicted molar refractivity (Wildman–Crippen MR) is 86.1 cm³/mol. The molecule has 0 radical (unpaired) electrons. The van der Waals surface area contributed by atoms with E-state index in [9.17, 15) is 4.79 Å². The van der Waals surface area contributed by atoms with Gasteiger partial charge < -0.3 is 0 Å². The average Bonchev–Trinajstić information content (AvgIpc) is 2.87. The van der Waals surface area contributed by atoms with Gasteiger partial charge in [-0.1, -0.05) is 58.6 Å². The Labute approximate surface area is 129 Å². The fourth-order valence-electron chi connectivity index (χ4n) is 2.28. The number of hydrogen-bond donors (Lipinski definition) is 0. The Morgan fingerprint density at radius 2 is 1.86 bits per heavy atom. The van der Waals surface area contributed by atoms with Crippen molar-refractivity contribution < 1.29 is 4.79 Å². The van der Waals surface area contributed by atoms with Crippen molar-refractivity contribution in [1.82, 2.24) is 15.0 Å². The summed E-state index contributed by atoms with van der Waals surface area (Å²) in [6.45, 7) is 9.38. The predicted octanol–water partition coefficient (Wildman–Crippen LogP) is 4.04. The van der Waals surface area contributed by atoms with Crippen LogP contribution in [-0.4, -0.2) is 20.8 Å². The van der Waals surface area contributed by atoms with Crippen LogP contribution in [0.3, 0.4) is 0 Å². The van der Waals surface area contributed by atoms with Gasteiger partial charge in [0.2, 0.25) is 0 Å². The molecule has 0 unspecified atom stereocenters. The lowest BCUT2D eigenvalue weighted by atomic mass is 10.0. The highest BCUT2D eigenvalue weighted by atomic mass is 16.1. The highest BCUT2D eigenvalue weighted by Gasteiger charge is 2.09. The van der Waals surface area contributed by atoms with Crippen molar-refractivity contribution in [2.45, 2.75) is 79.2 Å². The first-order valence-electron chi connectivity index (χ1n) is 8.40. The van der Waals surface area contributed by atoms with E-state index in [1.54, 1.807) is 0 Å². The molecular formula is C17H31N3O. The molecule has 0 N–H and O–H groups in total. The Balaban J connectivity index is 2.15. The molecule has 1 rings (SSSR count). The van der Waals surface area contributed by atoms with Crippen molar-refractivity contribution in [3.63, 3.8) is 0 Å². The second-order valence-electron chi connectivity index (χ2n) is 6.69. The smallest absolute Gasteiger partial charge is 0.135 e. The van der Waals surface area contributed by atoms with Gasteiger partial charge in [-0.15, -0.1) is 5.10 Å². The molecule has 0 spiro atoms. The van der Waals surface area contributed by atoms with E-state index >= 15 is 0 Å². The number of unbranched alkanes of at least 4 members (excludes halogenated alkanes) is 3. The molecule has 4 heteroatoms. The molecule has 0 amide bonds. The molecule has 1 aromatic heterocycles. The van der Waals surface area contributed by atoms with Crippen molar-refractivity contribution in [1.29, 1.82) is 0 Å². The number of nitrogens with zero attached hydrogens (tertiary/aromatic N) is 3. The molecule has 120 valence electrons. The summed E-state index contributed by atoms with van der Waals surface area (Å²) in [7, 11) is 0. The lowest BCUT2D eigenvalue weighted by molar-refractivity contribution is -0.121. The third-order valence-corrected chi connectivity index (χ3v) is 3.78. The van der Waals surface area contributed by atoms with Gasteiger partial charge in [-0.25, -0.2) is 0 Å². The first kappa shape index (κ1) is 17.9. The first-order valence-corrected chi connectivity index (χ1v) is 8.40. The number of Topliss-reactive ketones (excluding diaryl/α,β-unsaturated/α-hetero) is 1. The zero-order chi connectivity index (χ0) is 15.7. The first-order chi connectivity index (χ1) is 9.99. The van der Waals surface area contributed by atoms with Crippen LogP contribution in [0, 0.1) is 11.8 Å². The van der Waals surface area contributed by atoms with Gasteiger partial charge in [0.25, 0.3) is 0 Å². The lowest BCUT2D eigenvalue weighted by Gasteiger charge is -2.04. The summed E-state index contributed by atoms with van der Waals surface area (Å²) in [6.07, 6.45) is 9.66. The standard InChI is InChI=1S/C17H31N3O/c1-14(2)9-7-5-6-8-12-20-13-16(18-19-20)10-11-17(21)15(3)4/h13-15H,5-12H2,1-4H3. The highest BCUT2D eigenvalue weighted by Crippen LogP contribution is 2.10. The fourth-order valence-corrected chi connectivity index (χ4v) is 2.28. The maximum absolute atomic E-state index is 11.6. The van der Waals surface area contributed by atoms with E-state index in [1.165, 1.54) is 25.7 Å². The van der Waals surface area contributed by atoms with Crippen LogP contribution in [0.25, 0.3) is 0 Å². The number of carbonyl (C=O) groups is 1. The monoisotopic (exact) mass is 293 g/mol. The van der Waals surface area contributed by atoms with E-state index in [1.807, 2.05) is 24.7 Å². The summed E-state index contributed by atoms with van der Waals surface area (Å²) in [6, 6.07) is 0. The Kier molecular flexibility index (Phi) is 8.24. The van der Waals surface area contributed by atoms with Gasteiger partial charge in [0.1, 0.15) is 5.78 Å². The lowest BCUT2D eigenvalue weighted by Crippen LogP contribution is -2.07. The van der Waals surface area contributed by atoms with E-state index in [0.29, 0.717) is 18.6 Å². The summed E-state index contributed by atoms with van der Waals surface area (Å²) in [5, 5.41) is 8.29. The van der Waals surface area contributed by atoms with Crippen LogP contribution >= 0.6 is 0 Å². The number of carbonyl (C=O) groups excluding carboxylic acids is 1. The van der Waals surface area contributed by atoms with E-state index in [4.69, 9.17) is 0 Å². The van der Waals surface area contributed by atoms with Crippen LogP contribution in [0.4, 0.5) is 0 Å². The Bertz CT molecular complexity index is 410. The summed E-state index contributed by atoms with van der Waals surface area (Å²) < 4.78 is 1.91. The van der Waals surface area contributed by atoms with Crippen molar-refractivity contribution in [2.24, 2.45) is 11.8 Å². The van der Waals surface area contributed by atoms with Gasteiger partial charge in [0.15, 0.2) is 0 Å². The van der Waals surface area contributed by atoms with Crippen molar-refractivity contribution >= 4 is 5.78 Å². The van der Waals surface area contributed by atoms with E-state index in [2.05, 4.69) is 24.2 Å². The van der Waals surface area contributed by atoms with Gasteiger partial charge in [-0.3, -0.25) is 9.48 Å². The second-order valence-corrected chi connectivity index (χ2v) is 6.69. The molecule has 0 aliphatic heterocycles. The Morgan fingerprint density at radius 3 is 2.52 bits per heavy atom. The quantitative estimate of drug-likeness (QED) is 0.578. The molecule has 0 saturated carbocycles. The minimum atomic E-state index is 0.117. The van der Waals surface area contributed by atoms with E-state index in [-0.39, 0.29) is 5.92 Å². The van der Waals surface area contributed by atoms with Crippen molar-refractivity contribution in [3.8, 4) is 0 Å². The maximum Gasteiger partial charge on any atom is 0.135 e. The van der Waals surface area contributed by atoms with Crippen LogP contribution in [0.5, 0.6) is 0 Å². The fraction of sp³-hybridized carbons (Fsp3) is 0.824. The zero-order valence-corrected chi connectivity index (χ0v) is 14.1. The number of aromatic nitrogens is 3. The molecule has 21 heavy (non-hydrogen) atoms. The highest BCUT2D eigenvalue weighted by molar-refractivity contribution is 5.80. The van der Waals surface area contributed by atoms with Crippen LogP contribution in [-0.2, 0) is 17.8 Å². The van der Waals surface area contributed by atoms with Gasteiger partial charge in [-0.2, -0.15) is 0 Å². The normalized spacial score (nSPS) is 11.5. The molecule has 4 nitrogen and oxygen atoms in total. The summed E-state index contributed by atoms with van der Waals surface area (Å²) >= 11 is 0. The third-order valence-electron chi connectivity index (χ3n) is 3.78. The summed E-state index contributed by atoms with van der Waals surface area (Å²) in [4.78, 5) is 11.6. The molecule has 0 aromatic carbocycles. The second kappa shape index (κ2) is 9.69. The Morgan fingerprint density at radius 1 is 1.14 bits per heavy atom. The van der Waals surface area contributed by atoms with Crippen LogP contribution in [0.1, 0.15) is 71.9 Å². The van der Waals surface area contributed by atoms with E-state index < -0.39 is 0 Å². The molecule has 1 heterocycles. The SMILES string of the molecule is CC(C)CCCCCCn1cc(CCC(=O)C(C)C)nn1. The molecule has 0 bridgehead atoms. The molecule has 1 aromatic rings. The van der Waals surface area contributed by atoms with Crippen molar-refractivity contribution in [3.05, 3.63) is 11.9 Å². The topological polar surface area (TPSA) is 47.8 Å². The molecule has 0 saturated heterocycles. The number of ketones is 1. The zero-order valence-electron chi connectivity index (χ0n) is 14.1. The summed E-state index contributed by atoms with van der Waals surface area (Å²) in [5.41, 5.74) is 0.934. The minimum absolute atomic E-state index is 0.117. The molecule has 0 atom stereocenters. The van der Waals surface area contributed by atoms with Gasteiger partial charge in [-0.05, 0) is 12.3 Å². The number of hydrogen-bond acceptors (Lipinski definition) is 3. The van der Waals surface area contributed by atoms with Gasteiger partial charge in [0.05, 0.1) is 5.69 Å². The van der Waals surface area contributed by atoms with Crippen molar-refractivity contribution in [2.75, 3.05) is 0 Å². The molecule has 0 aliphatic rings. The number of rotatable bonds is 11. The Hall–Kier alpha value is -1.19. The summed E-state index contributed by atoms with van der Waals surface area (Å²) in [5.74, 6) is 1.23. The molecule has 0 aliphatic carbocycles. The van der Waals surface area contributed by atoms with Crippen LogP contribution < -0.4 is 0 Å². The third kappa shape index (κ3) is 7.98. The van der Waals surface area contributed by atoms with E-state index in [0.717, 1.165) is 24.6 Å². The maximum atomic E-state index is 11.6. The van der Waals surface area contributed by atoms with Gasteiger partial charge >= 0.3 is 0 Å². The number of aryl methyl sites for hydroxylation is 2.